The Morgan fingerprint density at radius 3 is 2.70 bits per heavy atom. The summed E-state index contributed by atoms with van der Waals surface area (Å²) < 4.78 is 42.2. The molecule has 0 bridgehead atoms. The second-order valence-electron chi connectivity index (χ2n) is 4.50. The third-order valence-corrected chi connectivity index (χ3v) is 2.81. The molecule has 0 N–H and O–H groups in total. The van der Waals surface area contributed by atoms with Gasteiger partial charge in [0.1, 0.15) is 17.6 Å². The first-order chi connectivity index (χ1) is 11.1. The second kappa shape index (κ2) is 8.06. The van der Waals surface area contributed by atoms with Crippen molar-refractivity contribution in [3.63, 3.8) is 0 Å². The van der Waals surface area contributed by atoms with Gasteiger partial charge in [-0.05, 0) is 12.1 Å². The number of pyridine rings is 1. The molecule has 120 valence electrons. The molecule has 0 fully saturated rings. The van der Waals surface area contributed by atoms with Crippen LogP contribution in [0, 0.1) is 23.0 Å². The van der Waals surface area contributed by atoms with E-state index >= 15 is 0 Å². The van der Waals surface area contributed by atoms with E-state index in [4.69, 9.17) is 19.5 Å². The molecule has 1 aromatic carbocycles. The number of benzene rings is 1. The first-order valence-electron chi connectivity index (χ1n) is 6.79. The van der Waals surface area contributed by atoms with Crippen LogP contribution in [-0.4, -0.2) is 25.3 Å². The number of aromatic nitrogens is 1. The van der Waals surface area contributed by atoms with Gasteiger partial charge < -0.3 is 14.2 Å². The van der Waals surface area contributed by atoms with E-state index in [1.165, 1.54) is 12.3 Å². The molecule has 0 unspecified atom stereocenters. The van der Waals surface area contributed by atoms with Gasteiger partial charge in [0.25, 0.3) is 0 Å². The van der Waals surface area contributed by atoms with Crippen molar-refractivity contribution in [3.05, 3.63) is 47.8 Å². The molecule has 1 heterocycles. The zero-order chi connectivity index (χ0) is 16.7. The van der Waals surface area contributed by atoms with Crippen LogP contribution < -0.4 is 9.47 Å². The van der Waals surface area contributed by atoms with Crippen LogP contribution in [0.2, 0.25) is 0 Å². The van der Waals surface area contributed by atoms with Gasteiger partial charge >= 0.3 is 0 Å². The van der Waals surface area contributed by atoms with Gasteiger partial charge in [-0.1, -0.05) is 0 Å². The fraction of sp³-hybridized carbons (Fsp3) is 0.250. The lowest BCUT2D eigenvalue weighted by Crippen LogP contribution is -2.02. The quantitative estimate of drug-likeness (QED) is 0.731. The molecule has 0 saturated heterocycles. The third-order valence-electron chi connectivity index (χ3n) is 2.81. The third kappa shape index (κ3) is 4.63. The van der Waals surface area contributed by atoms with Gasteiger partial charge in [-0.2, -0.15) is 5.26 Å². The second-order valence-corrected chi connectivity index (χ2v) is 4.50. The van der Waals surface area contributed by atoms with Gasteiger partial charge in [-0.3, -0.25) is 0 Å². The molecule has 5 nitrogen and oxygen atoms in total. The fourth-order valence-corrected chi connectivity index (χ4v) is 1.74. The molecule has 1 aromatic heterocycles. The summed E-state index contributed by atoms with van der Waals surface area (Å²) in [5.41, 5.74) is -0.0297. The highest BCUT2D eigenvalue weighted by Gasteiger charge is 2.12. The largest absolute Gasteiger partial charge is 0.492 e. The van der Waals surface area contributed by atoms with Gasteiger partial charge in [0.05, 0.1) is 12.8 Å². The molecule has 0 aliphatic heterocycles. The maximum absolute atomic E-state index is 13.6. The molecule has 2 aromatic rings. The SMILES string of the molecule is COCCCOc1cnc(C#N)c(Oc2ccc(F)cc2F)c1. The molecule has 0 saturated carbocycles. The summed E-state index contributed by atoms with van der Waals surface area (Å²) in [6.07, 6.45) is 2.05. The number of hydrogen-bond acceptors (Lipinski definition) is 5. The first-order valence-corrected chi connectivity index (χ1v) is 6.79. The highest BCUT2D eigenvalue weighted by Crippen LogP contribution is 2.29. The lowest BCUT2D eigenvalue weighted by Gasteiger charge is -2.10. The summed E-state index contributed by atoms with van der Waals surface area (Å²) in [5.74, 6) is -1.40. The topological polar surface area (TPSA) is 64.4 Å². The number of nitriles is 1. The molecule has 0 aliphatic rings. The number of hydrogen-bond donors (Lipinski definition) is 0. The number of ether oxygens (including phenoxy) is 3. The highest BCUT2D eigenvalue weighted by atomic mass is 19.1. The summed E-state index contributed by atoms with van der Waals surface area (Å²) in [4.78, 5) is 3.90. The lowest BCUT2D eigenvalue weighted by atomic mass is 10.3. The molecule has 0 spiro atoms. The maximum Gasteiger partial charge on any atom is 0.183 e. The van der Waals surface area contributed by atoms with E-state index < -0.39 is 11.6 Å². The molecular formula is C16H14F2N2O3. The summed E-state index contributed by atoms with van der Waals surface area (Å²) >= 11 is 0. The Bertz CT molecular complexity index is 717. The minimum atomic E-state index is -0.875. The van der Waals surface area contributed by atoms with E-state index in [-0.39, 0.29) is 17.2 Å². The van der Waals surface area contributed by atoms with Crippen LogP contribution in [0.4, 0.5) is 8.78 Å². The van der Waals surface area contributed by atoms with E-state index in [0.717, 1.165) is 12.1 Å². The van der Waals surface area contributed by atoms with E-state index in [1.807, 2.05) is 6.07 Å². The van der Waals surface area contributed by atoms with Crippen molar-refractivity contribution in [1.82, 2.24) is 4.98 Å². The average molecular weight is 320 g/mol. The summed E-state index contributed by atoms with van der Waals surface area (Å²) in [6.45, 7) is 0.944. The van der Waals surface area contributed by atoms with E-state index in [0.29, 0.717) is 31.5 Å². The Hall–Kier alpha value is -2.72. The molecule has 0 amide bonds. The van der Waals surface area contributed by atoms with Crippen LogP contribution in [0.15, 0.2) is 30.5 Å². The molecule has 0 atom stereocenters. The van der Waals surface area contributed by atoms with E-state index in [9.17, 15) is 8.78 Å². The number of rotatable bonds is 7. The monoisotopic (exact) mass is 320 g/mol. The molecular weight excluding hydrogens is 306 g/mol. The molecule has 0 aliphatic carbocycles. The van der Waals surface area contributed by atoms with Crippen LogP contribution in [0.25, 0.3) is 0 Å². The van der Waals surface area contributed by atoms with Crippen molar-refractivity contribution in [2.75, 3.05) is 20.3 Å². The molecule has 7 heteroatoms. The van der Waals surface area contributed by atoms with Crippen LogP contribution in [0.1, 0.15) is 12.1 Å². The minimum absolute atomic E-state index is 0.0297. The number of halogens is 2. The van der Waals surface area contributed by atoms with Crippen molar-refractivity contribution in [3.8, 4) is 23.3 Å². The van der Waals surface area contributed by atoms with Gasteiger partial charge in [-0.25, -0.2) is 13.8 Å². The van der Waals surface area contributed by atoms with Crippen LogP contribution >= 0.6 is 0 Å². The van der Waals surface area contributed by atoms with Gasteiger partial charge in [0.15, 0.2) is 23.0 Å². The van der Waals surface area contributed by atoms with Crippen molar-refractivity contribution in [2.24, 2.45) is 0 Å². The Kier molecular flexibility index (Phi) is 5.83. The standard InChI is InChI=1S/C16H14F2N2O3/c1-21-5-2-6-22-12-8-16(14(9-19)20-10-12)23-15-4-3-11(17)7-13(15)18/h3-4,7-8,10H,2,5-6H2,1H3. The Morgan fingerprint density at radius 1 is 1.17 bits per heavy atom. The predicted molar refractivity (Wildman–Crippen MR) is 77.4 cm³/mol. The maximum atomic E-state index is 13.6. The normalized spacial score (nSPS) is 10.2. The summed E-state index contributed by atoms with van der Waals surface area (Å²) in [6, 6.07) is 6.16. The fourth-order valence-electron chi connectivity index (χ4n) is 1.74. The van der Waals surface area contributed by atoms with Crippen molar-refractivity contribution in [2.45, 2.75) is 6.42 Å². The molecule has 2 rings (SSSR count). The predicted octanol–water partition coefficient (Wildman–Crippen LogP) is 3.44. The van der Waals surface area contributed by atoms with Gasteiger partial charge in [0.2, 0.25) is 0 Å². The van der Waals surface area contributed by atoms with Crippen LogP contribution in [-0.2, 0) is 4.74 Å². The number of methoxy groups -OCH3 is 1. The first kappa shape index (κ1) is 16.6. The summed E-state index contributed by atoms with van der Waals surface area (Å²) in [7, 11) is 1.59. The van der Waals surface area contributed by atoms with Crippen molar-refractivity contribution < 1.29 is 23.0 Å². The zero-order valence-corrected chi connectivity index (χ0v) is 12.4. The Labute approximate surface area is 132 Å². The van der Waals surface area contributed by atoms with Gasteiger partial charge in [0, 0.05) is 32.3 Å². The van der Waals surface area contributed by atoms with Crippen molar-refractivity contribution in [1.29, 1.82) is 5.26 Å². The molecule has 23 heavy (non-hydrogen) atoms. The Morgan fingerprint density at radius 2 is 2.00 bits per heavy atom. The number of nitrogens with zero attached hydrogens (tertiary/aromatic N) is 2. The smallest absolute Gasteiger partial charge is 0.183 e. The van der Waals surface area contributed by atoms with E-state index in [2.05, 4.69) is 4.98 Å². The summed E-state index contributed by atoms with van der Waals surface area (Å²) in [5, 5.41) is 9.04. The van der Waals surface area contributed by atoms with Crippen LogP contribution in [0.5, 0.6) is 17.2 Å². The van der Waals surface area contributed by atoms with Crippen LogP contribution in [0.3, 0.4) is 0 Å². The lowest BCUT2D eigenvalue weighted by molar-refractivity contribution is 0.172. The van der Waals surface area contributed by atoms with Gasteiger partial charge in [-0.15, -0.1) is 0 Å². The molecule has 0 radical (unpaired) electrons. The average Bonchev–Trinajstić information content (AvgIpc) is 2.54. The Balaban J connectivity index is 2.17. The van der Waals surface area contributed by atoms with Crippen molar-refractivity contribution >= 4 is 0 Å². The highest BCUT2D eigenvalue weighted by molar-refractivity contribution is 5.44. The zero-order valence-electron chi connectivity index (χ0n) is 12.4. The minimum Gasteiger partial charge on any atom is -0.492 e. The van der Waals surface area contributed by atoms with E-state index in [1.54, 1.807) is 7.11 Å².